The Kier molecular flexibility index (Phi) is 8.46. The maximum absolute atomic E-state index is 11.5. The molecule has 0 aromatic heterocycles. The Balaban J connectivity index is 3.77. The van der Waals surface area contributed by atoms with Gasteiger partial charge in [-0.05, 0) is 20.3 Å². The monoisotopic (exact) mass is 242 g/mol. The van der Waals surface area contributed by atoms with Gasteiger partial charge in [-0.3, -0.25) is 9.59 Å². The maximum atomic E-state index is 11.5. The summed E-state index contributed by atoms with van der Waals surface area (Å²) >= 11 is 0. The summed E-state index contributed by atoms with van der Waals surface area (Å²) in [6.45, 7) is 8.84. The number of unbranched alkanes of at least 4 members (excludes halogenated alkanes) is 2. The van der Waals surface area contributed by atoms with E-state index in [0.717, 1.165) is 25.8 Å². The van der Waals surface area contributed by atoms with Crippen molar-refractivity contribution in [2.45, 2.75) is 59.4 Å². The summed E-state index contributed by atoms with van der Waals surface area (Å²) in [7, 11) is 0. The van der Waals surface area contributed by atoms with Gasteiger partial charge in [-0.25, -0.2) is 0 Å². The number of hydrogen-bond acceptors (Lipinski definition) is 2. The number of amides is 2. The molecule has 0 aliphatic heterocycles. The van der Waals surface area contributed by atoms with Crippen LogP contribution in [0.15, 0.2) is 0 Å². The van der Waals surface area contributed by atoms with Gasteiger partial charge in [0.15, 0.2) is 0 Å². The number of carbonyl (C=O) groups excluding carboxylic acids is 2. The van der Waals surface area contributed by atoms with Crippen molar-refractivity contribution in [3.05, 3.63) is 0 Å². The van der Waals surface area contributed by atoms with Crippen molar-refractivity contribution in [3.8, 4) is 0 Å². The van der Waals surface area contributed by atoms with Crippen molar-refractivity contribution in [3.63, 3.8) is 0 Å². The van der Waals surface area contributed by atoms with Crippen LogP contribution in [-0.4, -0.2) is 35.8 Å². The fourth-order valence-electron chi connectivity index (χ4n) is 1.69. The first-order chi connectivity index (χ1) is 7.99. The van der Waals surface area contributed by atoms with Crippen LogP contribution in [-0.2, 0) is 9.59 Å². The molecule has 0 aromatic rings. The van der Waals surface area contributed by atoms with Crippen LogP contribution in [0.2, 0.25) is 0 Å². The third-order valence-corrected chi connectivity index (χ3v) is 2.71. The van der Waals surface area contributed by atoms with Gasteiger partial charge < -0.3 is 10.2 Å². The third-order valence-electron chi connectivity index (χ3n) is 2.71. The lowest BCUT2D eigenvalue weighted by atomic mass is 10.2. The molecule has 0 atom stereocenters. The summed E-state index contributed by atoms with van der Waals surface area (Å²) < 4.78 is 0. The van der Waals surface area contributed by atoms with Gasteiger partial charge in [-0.2, -0.15) is 0 Å². The summed E-state index contributed by atoms with van der Waals surface area (Å²) in [5, 5.41) is 2.87. The first-order valence-electron chi connectivity index (χ1n) is 6.53. The highest BCUT2D eigenvalue weighted by Gasteiger charge is 2.13. The molecular weight excluding hydrogens is 216 g/mol. The molecule has 0 saturated heterocycles. The Bertz CT molecular complexity index is 240. The number of nitrogens with one attached hydrogen (secondary N) is 1. The minimum Gasteiger partial charge on any atom is -0.356 e. The van der Waals surface area contributed by atoms with Crippen molar-refractivity contribution < 1.29 is 9.59 Å². The van der Waals surface area contributed by atoms with E-state index in [1.54, 1.807) is 11.8 Å². The third kappa shape index (κ3) is 7.77. The van der Waals surface area contributed by atoms with E-state index < -0.39 is 0 Å². The SMILES string of the molecule is CCCCCNC(=O)CCN(C(C)=O)C(C)C. The minimum absolute atomic E-state index is 0.0267. The van der Waals surface area contributed by atoms with Crippen LogP contribution >= 0.6 is 0 Å². The number of nitrogens with zero attached hydrogens (tertiary/aromatic N) is 1. The molecule has 4 heteroatoms. The van der Waals surface area contributed by atoms with Crippen molar-refractivity contribution in [2.24, 2.45) is 0 Å². The summed E-state index contributed by atoms with van der Waals surface area (Å²) in [6, 6.07) is 0.153. The first-order valence-corrected chi connectivity index (χ1v) is 6.53. The van der Waals surface area contributed by atoms with Crippen LogP contribution in [0.5, 0.6) is 0 Å². The molecule has 0 unspecified atom stereocenters. The lowest BCUT2D eigenvalue weighted by Gasteiger charge is -2.24. The topological polar surface area (TPSA) is 49.4 Å². The second-order valence-electron chi connectivity index (χ2n) is 4.61. The Labute approximate surface area is 105 Å². The average Bonchev–Trinajstić information content (AvgIpc) is 2.23. The van der Waals surface area contributed by atoms with E-state index in [0.29, 0.717) is 13.0 Å². The molecular formula is C13H26N2O2. The van der Waals surface area contributed by atoms with Gasteiger partial charge in [-0.15, -0.1) is 0 Å². The molecule has 0 aliphatic rings. The molecule has 0 radical (unpaired) electrons. The zero-order chi connectivity index (χ0) is 13.3. The molecule has 0 spiro atoms. The van der Waals surface area contributed by atoms with E-state index in [1.165, 1.54) is 0 Å². The molecule has 100 valence electrons. The van der Waals surface area contributed by atoms with Gasteiger partial charge in [0.1, 0.15) is 0 Å². The molecule has 0 fully saturated rings. The molecule has 0 rings (SSSR count). The molecule has 4 nitrogen and oxygen atoms in total. The molecule has 0 saturated carbocycles. The Morgan fingerprint density at radius 2 is 1.88 bits per heavy atom. The standard InChI is InChI=1S/C13H26N2O2/c1-5-6-7-9-14-13(17)8-10-15(11(2)3)12(4)16/h11H,5-10H2,1-4H3,(H,14,17). The zero-order valence-corrected chi connectivity index (χ0v) is 11.6. The largest absolute Gasteiger partial charge is 0.356 e. The van der Waals surface area contributed by atoms with Crippen LogP contribution in [0.4, 0.5) is 0 Å². The predicted octanol–water partition coefficient (Wildman–Crippen LogP) is 1.94. The van der Waals surface area contributed by atoms with Gasteiger partial charge in [0.25, 0.3) is 0 Å². The highest BCUT2D eigenvalue weighted by atomic mass is 16.2. The summed E-state index contributed by atoms with van der Waals surface area (Å²) in [4.78, 5) is 24.5. The lowest BCUT2D eigenvalue weighted by Crippen LogP contribution is -2.38. The highest BCUT2D eigenvalue weighted by Crippen LogP contribution is 2.00. The van der Waals surface area contributed by atoms with Crippen LogP contribution in [0.1, 0.15) is 53.4 Å². The van der Waals surface area contributed by atoms with Gasteiger partial charge in [0.05, 0.1) is 0 Å². The first kappa shape index (κ1) is 15.9. The Morgan fingerprint density at radius 3 is 2.35 bits per heavy atom. The van der Waals surface area contributed by atoms with Crippen molar-refractivity contribution in [1.82, 2.24) is 10.2 Å². The number of carbonyl (C=O) groups is 2. The fraction of sp³-hybridized carbons (Fsp3) is 0.846. The molecule has 0 aliphatic carbocycles. The molecule has 0 aromatic carbocycles. The maximum Gasteiger partial charge on any atom is 0.221 e. The number of rotatable bonds is 8. The molecule has 0 bridgehead atoms. The summed E-state index contributed by atoms with van der Waals surface area (Å²) in [6.07, 6.45) is 3.72. The Hall–Kier alpha value is -1.06. The molecule has 17 heavy (non-hydrogen) atoms. The van der Waals surface area contributed by atoms with E-state index in [9.17, 15) is 9.59 Å². The van der Waals surface area contributed by atoms with Crippen LogP contribution in [0.3, 0.4) is 0 Å². The molecule has 0 heterocycles. The predicted molar refractivity (Wildman–Crippen MR) is 69.7 cm³/mol. The van der Waals surface area contributed by atoms with Gasteiger partial charge in [0.2, 0.25) is 11.8 Å². The zero-order valence-electron chi connectivity index (χ0n) is 11.6. The fourth-order valence-corrected chi connectivity index (χ4v) is 1.69. The second-order valence-corrected chi connectivity index (χ2v) is 4.61. The number of hydrogen-bond donors (Lipinski definition) is 1. The lowest BCUT2D eigenvalue weighted by molar-refractivity contribution is -0.131. The van der Waals surface area contributed by atoms with Crippen LogP contribution in [0.25, 0.3) is 0 Å². The average molecular weight is 242 g/mol. The normalized spacial score (nSPS) is 10.4. The quantitative estimate of drug-likeness (QED) is 0.661. The van der Waals surface area contributed by atoms with Gasteiger partial charge >= 0.3 is 0 Å². The van der Waals surface area contributed by atoms with Gasteiger partial charge in [0, 0.05) is 32.5 Å². The second kappa shape index (κ2) is 9.02. The van der Waals surface area contributed by atoms with Crippen molar-refractivity contribution >= 4 is 11.8 Å². The van der Waals surface area contributed by atoms with E-state index in [1.807, 2.05) is 13.8 Å². The van der Waals surface area contributed by atoms with E-state index >= 15 is 0 Å². The van der Waals surface area contributed by atoms with Crippen molar-refractivity contribution in [1.29, 1.82) is 0 Å². The van der Waals surface area contributed by atoms with Gasteiger partial charge in [-0.1, -0.05) is 19.8 Å². The Morgan fingerprint density at radius 1 is 1.24 bits per heavy atom. The van der Waals surface area contributed by atoms with E-state index in [2.05, 4.69) is 12.2 Å². The van der Waals surface area contributed by atoms with Crippen molar-refractivity contribution in [2.75, 3.05) is 13.1 Å². The van der Waals surface area contributed by atoms with Crippen LogP contribution in [0, 0.1) is 0 Å². The minimum atomic E-state index is 0.0267. The summed E-state index contributed by atoms with van der Waals surface area (Å²) in [5.74, 6) is 0.0618. The smallest absolute Gasteiger partial charge is 0.221 e. The van der Waals surface area contributed by atoms with E-state index in [-0.39, 0.29) is 17.9 Å². The van der Waals surface area contributed by atoms with E-state index in [4.69, 9.17) is 0 Å². The highest BCUT2D eigenvalue weighted by molar-refractivity contribution is 5.78. The molecule has 1 N–H and O–H groups in total. The summed E-state index contributed by atoms with van der Waals surface area (Å²) in [5.41, 5.74) is 0. The molecule has 2 amide bonds. The van der Waals surface area contributed by atoms with Crippen LogP contribution < -0.4 is 5.32 Å².